The van der Waals surface area contributed by atoms with Crippen LogP contribution in [0.1, 0.15) is 23.0 Å². The Morgan fingerprint density at radius 3 is 2.30 bits per heavy atom. The van der Waals surface area contributed by atoms with Gasteiger partial charge in [-0.1, -0.05) is 0 Å². The van der Waals surface area contributed by atoms with Gasteiger partial charge in [0.15, 0.2) is 0 Å². The van der Waals surface area contributed by atoms with Crippen LogP contribution in [0.15, 0.2) is 24.4 Å². The molecule has 2 aromatic rings. The number of nitrogens with one attached hydrogen (secondary N) is 1. The summed E-state index contributed by atoms with van der Waals surface area (Å²) in [6, 6.07) is 3.66. The minimum Gasteiger partial charge on any atom is -0.320 e. The summed E-state index contributed by atoms with van der Waals surface area (Å²) in [5, 5.41) is 28.4. The number of aryl methyl sites for hydroxylation is 1. The van der Waals surface area contributed by atoms with Crippen LogP contribution in [0.2, 0.25) is 0 Å². The van der Waals surface area contributed by atoms with Gasteiger partial charge in [0.25, 0.3) is 17.3 Å². The summed E-state index contributed by atoms with van der Waals surface area (Å²) in [4.78, 5) is 32.8. The number of benzene rings is 1. The molecule has 120 valence electrons. The Kier molecular flexibility index (Phi) is 4.35. The Bertz CT molecular complexity index is 763. The van der Waals surface area contributed by atoms with Crippen molar-refractivity contribution in [2.24, 2.45) is 0 Å². The van der Waals surface area contributed by atoms with Gasteiger partial charge in [0.2, 0.25) is 0 Å². The first-order valence-corrected chi connectivity index (χ1v) is 6.61. The van der Waals surface area contributed by atoms with Crippen LogP contribution in [-0.4, -0.2) is 25.5 Å². The zero-order valence-corrected chi connectivity index (χ0v) is 12.3. The summed E-state index contributed by atoms with van der Waals surface area (Å²) in [5.74, 6) is -0.559. The van der Waals surface area contributed by atoms with Crippen LogP contribution in [0.4, 0.5) is 17.1 Å². The highest BCUT2D eigenvalue weighted by atomic mass is 16.6. The lowest BCUT2D eigenvalue weighted by Crippen LogP contribution is -2.17. The van der Waals surface area contributed by atoms with Gasteiger partial charge in [-0.05, 0) is 19.9 Å². The molecule has 10 nitrogen and oxygen atoms in total. The van der Waals surface area contributed by atoms with Crippen LogP contribution in [0.25, 0.3) is 0 Å². The molecule has 0 radical (unpaired) electrons. The number of nitro groups is 2. The van der Waals surface area contributed by atoms with E-state index in [4.69, 9.17) is 0 Å². The van der Waals surface area contributed by atoms with Gasteiger partial charge in [0, 0.05) is 24.9 Å². The first-order valence-electron chi connectivity index (χ1n) is 6.61. The molecule has 0 saturated heterocycles. The highest BCUT2D eigenvalue weighted by Gasteiger charge is 2.24. The maximum Gasteiger partial charge on any atom is 0.281 e. The number of amides is 1. The summed E-state index contributed by atoms with van der Waals surface area (Å²) in [6.07, 6.45) is 1.44. The number of carbonyl (C=O) groups excluding carboxylic acids is 1. The number of nitrogens with zero attached hydrogens (tertiary/aromatic N) is 4. The van der Waals surface area contributed by atoms with Crippen molar-refractivity contribution < 1.29 is 14.6 Å². The van der Waals surface area contributed by atoms with E-state index in [1.807, 2.05) is 0 Å². The van der Waals surface area contributed by atoms with Crippen molar-refractivity contribution in [1.82, 2.24) is 9.78 Å². The van der Waals surface area contributed by atoms with E-state index in [1.165, 1.54) is 23.9 Å². The Hall–Kier alpha value is -3.30. The van der Waals surface area contributed by atoms with E-state index in [9.17, 15) is 25.0 Å². The molecule has 0 aliphatic rings. The van der Waals surface area contributed by atoms with Crippen molar-refractivity contribution >= 4 is 23.0 Å². The van der Waals surface area contributed by atoms with E-state index in [1.54, 1.807) is 6.92 Å². The van der Waals surface area contributed by atoms with Crippen molar-refractivity contribution in [2.45, 2.75) is 20.4 Å². The fraction of sp³-hybridized carbons (Fsp3) is 0.231. The van der Waals surface area contributed by atoms with E-state index >= 15 is 0 Å². The van der Waals surface area contributed by atoms with Gasteiger partial charge in [-0.2, -0.15) is 5.10 Å². The average Bonchev–Trinajstić information content (AvgIpc) is 2.96. The number of anilines is 1. The number of rotatable bonds is 5. The molecule has 0 aliphatic heterocycles. The quantitative estimate of drug-likeness (QED) is 0.663. The molecular formula is C13H13N5O5. The number of hydrogen-bond donors (Lipinski definition) is 1. The molecule has 0 bridgehead atoms. The molecule has 0 atom stereocenters. The Balaban J connectivity index is 2.42. The van der Waals surface area contributed by atoms with Gasteiger partial charge in [0.05, 0.1) is 15.5 Å². The van der Waals surface area contributed by atoms with Gasteiger partial charge in [-0.15, -0.1) is 0 Å². The van der Waals surface area contributed by atoms with Gasteiger partial charge in [0.1, 0.15) is 11.3 Å². The first kappa shape index (κ1) is 16.1. The zero-order chi connectivity index (χ0) is 17.1. The number of aromatic nitrogens is 2. The van der Waals surface area contributed by atoms with Crippen molar-refractivity contribution in [3.05, 3.63) is 55.9 Å². The van der Waals surface area contributed by atoms with Gasteiger partial charge < -0.3 is 5.32 Å². The van der Waals surface area contributed by atoms with Crippen molar-refractivity contribution in [1.29, 1.82) is 0 Å². The van der Waals surface area contributed by atoms with Gasteiger partial charge in [-0.25, -0.2) is 0 Å². The van der Waals surface area contributed by atoms with E-state index in [0.29, 0.717) is 6.54 Å². The predicted molar refractivity (Wildman–Crippen MR) is 80.3 cm³/mol. The number of hydrogen-bond acceptors (Lipinski definition) is 6. The standard InChI is InChI=1S/C13H13N5O5/c1-3-16-10(4-5-14-16)13(19)15-9-6-11(17(20)21)8(2)12(7-9)18(22)23/h4-7H,3H2,1-2H3,(H,15,19). The van der Waals surface area contributed by atoms with Crippen LogP contribution in [-0.2, 0) is 6.54 Å². The lowest BCUT2D eigenvalue weighted by Gasteiger charge is -2.08. The molecule has 0 unspecified atom stereocenters. The molecule has 23 heavy (non-hydrogen) atoms. The second kappa shape index (κ2) is 6.22. The third-order valence-electron chi connectivity index (χ3n) is 3.25. The molecular weight excluding hydrogens is 306 g/mol. The Labute approximate surface area is 130 Å². The zero-order valence-electron chi connectivity index (χ0n) is 12.3. The molecule has 1 aromatic heterocycles. The highest BCUT2D eigenvalue weighted by molar-refractivity contribution is 6.03. The topological polar surface area (TPSA) is 133 Å². The minimum atomic E-state index is -0.728. The first-order chi connectivity index (χ1) is 10.8. The maximum atomic E-state index is 12.2. The van der Waals surface area contributed by atoms with Gasteiger partial charge >= 0.3 is 0 Å². The third-order valence-corrected chi connectivity index (χ3v) is 3.25. The summed E-state index contributed by atoms with van der Waals surface area (Å²) < 4.78 is 1.44. The lowest BCUT2D eigenvalue weighted by molar-refractivity contribution is -0.395. The second-order valence-electron chi connectivity index (χ2n) is 4.64. The van der Waals surface area contributed by atoms with E-state index in [0.717, 1.165) is 12.1 Å². The molecule has 0 aliphatic carbocycles. The number of carbonyl (C=O) groups is 1. The molecule has 1 heterocycles. The molecule has 1 N–H and O–H groups in total. The average molecular weight is 319 g/mol. The molecule has 0 spiro atoms. The smallest absolute Gasteiger partial charge is 0.281 e. The van der Waals surface area contributed by atoms with Crippen LogP contribution in [0, 0.1) is 27.2 Å². The fourth-order valence-corrected chi connectivity index (χ4v) is 2.11. The molecule has 0 fully saturated rings. The van der Waals surface area contributed by atoms with Crippen LogP contribution in [0.3, 0.4) is 0 Å². The predicted octanol–water partition coefficient (Wildman–Crippen LogP) is 2.28. The van der Waals surface area contributed by atoms with Crippen molar-refractivity contribution in [3.63, 3.8) is 0 Å². The van der Waals surface area contributed by atoms with E-state index < -0.39 is 27.1 Å². The van der Waals surface area contributed by atoms with Gasteiger partial charge in [-0.3, -0.25) is 29.7 Å². The van der Waals surface area contributed by atoms with Crippen LogP contribution < -0.4 is 5.32 Å². The summed E-state index contributed by atoms with van der Waals surface area (Å²) >= 11 is 0. The lowest BCUT2D eigenvalue weighted by atomic mass is 10.1. The third kappa shape index (κ3) is 3.15. The number of nitro benzene ring substituents is 2. The van der Waals surface area contributed by atoms with Crippen molar-refractivity contribution in [3.8, 4) is 0 Å². The maximum absolute atomic E-state index is 12.2. The monoisotopic (exact) mass is 319 g/mol. The molecule has 1 aromatic carbocycles. The fourth-order valence-electron chi connectivity index (χ4n) is 2.11. The summed E-state index contributed by atoms with van der Waals surface area (Å²) in [5.41, 5.74) is -0.713. The Morgan fingerprint density at radius 1 is 1.26 bits per heavy atom. The minimum absolute atomic E-state index is 0.0251. The normalized spacial score (nSPS) is 10.3. The highest BCUT2D eigenvalue weighted by Crippen LogP contribution is 2.31. The van der Waals surface area contributed by atoms with Crippen LogP contribution in [0.5, 0.6) is 0 Å². The van der Waals surface area contributed by atoms with Crippen molar-refractivity contribution in [2.75, 3.05) is 5.32 Å². The van der Waals surface area contributed by atoms with E-state index in [2.05, 4.69) is 10.4 Å². The SMILES string of the molecule is CCn1nccc1C(=O)Nc1cc([N+](=O)[O-])c(C)c([N+](=O)[O-])c1. The Morgan fingerprint density at radius 2 is 1.83 bits per heavy atom. The molecule has 10 heteroatoms. The second-order valence-corrected chi connectivity index (χ2v) is 4.64. The van der Waals surface area contributed by atoms with Crippen LogP contribution >= 0.6 is 0 Å². The molecule has 1 amide bonds. The summed E-state index contributed by atoms with van der Waals surface area (Å²) in [6.45, 7) is 3.54. The largest absolute Gasteiger partial charge is 0.320 e. The molecule has 0 saturated carbocycles. The molecule has 2 rings (SSSR count). The summed E-state index contributed by atoms with van der Waals surface area (Å²) in [7, 11) is 0. The van der Waals surface area contributed by atoms with E-state index in [-0.39, 0.29) is 16.9 Å².